The van der Waals surface area contributed by atoms with E-state index in [1.165, 1.54) is 0 Å². The van der Waals surface area contributed by atoms with Crippen LogP contribution in [0.2, 0.25) is 0 Å². The molecule has 0 N–H and O–H groups in total. The predicted molar refractivity (Wildman–Crippen MR) is 160 cm³/mol. The zero-order chi connectivity index (χ0) is 42.8. The molecule has 0 aliphatic heterocycles. The van der Waals surface area contributed by atoms with Crippen molar-refractivity contribution in [1.29, 1.82) is 0 Å². The van der Waals surface area contributed by atoms with E-state index in [-0.39, 0.29) is 34.6 Å². The Kier molecular flexibility index (Phi) is 10.1. The molecule has 0 aromatic heterocycles. The predicted octanol–water partition coefficient (Wildman–Crippen LogP) is 9.49. The number of rotatable bonds is 5. The van der Waals surface area contributed by atoms with Crippen LogP contribution in [0, 0.1) is 151 Å². The summed E-state index contributed by atoms with van der Waals surface area (Å²) < 4.78 is 318. The van der Waals surface area contributed by atoms with Crippen molar-refractivity contribution in [1.82, 2.24) is 0 Å². The molecule has 0 spiro atoms. The average molecular weight is 846 g/mol. The van der Waals surface area contributed by atoms with Gasteiger partial charge in [0.15, 0.2) is 0 Å². The van der Waals surface area contributed by atoms with E-state index in [1.54, 1.807) is 0 Å². The van der Waals surface area contributed by atoms with Gasteiger partial charge in [0.05, 0.1) is 0 Å². The van der Waals surface area contributed by atoms with Gasteiger partial charge in [-0.15, -0.1) is 0 Å². The summed E-state index contributed by atoms with van der Waals surface area (Å²) in [5, 5.41) is -14.3. The second-order valence-corrected chi connectivity index (χ2v) is 16.7. The van der Waals surface area contributed by atoms with Gasteiger partial charge >= 0.3 is 300 Å². The number of halogens is 20. The van der Waals surface area contributed by atoms with Gasteiger partial charge in [-0.3, -0.25) is 0 Å². The first-order valence-electron chi connectivity index (χ1n) is 14.9. The van der Waals surface area contributed by atoms with Gasteiger partial charge in [-0.2, -0.15) is 0 Å². The van der Waals surface area contributed by atoms with Gasteiger partial charge in [-0.05, 0) is 0 Å². The van der Waals surface area contributed by atoms with Crippen LogP contribution in [0.4, 0.5) is 87.8 Å². The third-order valence-electron chi connectivity index (χ3n) is 9.59. The monoisotopic (exact) mass is 846 g/mol. The Labute approximate surface area is 299 Å². The van der Waals surface area contributed by atoms with Crippen LogP contribution in [0.5, 0.6) is 0 Å². The molecular weight excluding hydrogens is 831 g/mol. The molecule has 0 heterocycles. The Morgan fingerprint density at radius 1 is 0.179 bits per heavy atom. The van der Waals surface area contributed by atoms with Crippen molar-refractivity contribution in [2.24, 2.45) is 0 Å². The second kappa shape index (κ2) is 13.4. The van der Waals surface area contributed by atoms with E-state index >= 15 is 65.9 Å². The van der Waals surface area contributed by atoms with E-state index in [0.29, 0.717) is 0 Å². The zero-order valence-corrected chi connectivity index (χ0v) is 28.9. The standard InChI is InChI=1S/C35H15F20P/c1-6-11(36)16(41)21(46)26(51)31(6)56(32-7(2)12(37)17(42)22(47)27(32)52,33-8(3)13(38)18(43)23(48)28(33)53,34-9(4)14(39)19(44)24(49)29(34)54)35-10(5)15(40)20(45)25(50)30(35)55/h1-5H3. The second-order valence-electron chi connectivity index (χ2n) is 12.3. The van der Waals surface area contributed by atoms with Crippen LogP contribution < -0.4 is 26.5 Å². The molecule has 0 saturated carbocycles. The minimum absolute atomic E-state index is 0.0580. The molecule has 0 fully saturated rings. The van der Waals surface area contributed by atoms with Crippen LogP contribution in [0.15, 0.2) is 0 Å². The summed E-state index contributed by atoms with van der Waals surface area (Å²) in [4.78, 5) is 0. The number of hydrogen-bond acceptors (Lipinski definition) is 0. The van der Waals surface area contributed by atoms with Crippen LogP contribution in [0.3, 0.4) is 0 Å². The van der Waals surface area contributed by atoms with Gasteiger partial charge in [0, 0.05) is 0 Å². The molecule has 0 radical (unpaired) electrons. The average Bonchev–Trinajstić information content (AvgIpc) is 3.16. The van der Waals surface area contributed by atoms with E-state index in [1.807, 2.05) is 0 Å². The van der Waals surface area contributed by atoms with Gasteiger partial charge in [-0.25, -0.2) is 0 Å². The molecule has 0 unspecified atom stereocenters. The van der Waals surface area contributed by atoms with Gasteiger partial charge in [0.25, 0.3) is 0 Å². The fraction of sp³-hybridized carbons (Fsp3) is 0.143. The third kappa shape index (κ3) is 4.73. The van der Waals surface area contributed by atoms with E-state index in [4.69, 9.17) is 0 Å². The quantitative estimate of drug-likeness (QED) is 0.0717. The van der Waals surface area contributed by atoms with Crippen molar-refractivity contribution in [3.63, 3.8) is 0 Å². The van der Waals surface area contributed by atoms with Crippen molar-refractivity contribution in [3.05, 3.63) is 144 Å². The van der Waals surface area contributed by atoms with Crippen molar-refractivity contribution >= 4 is 33.1 Å². The maximum absolute atomic E-state index is 17.1. The Morgan fingerprint density at radius 2 is 0.286 bits per heavy atom. The molecule has 0 saturated heterocycles. The van der Waals surface area contributed by atoms with Gasteiger partial charge in [0.2, 0.25) is 0 Å². The first-order valence-corrected chi connectivity index (χ1v) is 17.1. The molecule has 0 aliphatic rings. The number of benzene rings is 5. The van der Waals surface area contributed by atoms with Gasteiger partial charge in [-0.1, -0.05) is 0 Å². The Morgan fingerprint density at radius 3 is 0.411 bits per heavy atom. The Hall–Kier alpha value is -4.87. The van der Waals surface area contributed by atoms with E-state index in [0.717, 1.165) is 0 Å². The first-order chi connectivity index (χ1) is 25.7. The maximum atomic E-state index is 17.1. The minimum atomic E-state index is -9.30. The Bertz CT molecular complexity index is 2050. The third-order valence-corrected chi connectivity index (χ3v) is 16.7. The molecule has 0 atom stereocenters. The molecule has 0 bridgehead atoms. The molecule has 0 nitrogen and oxygen atoms in total. The van der Waals surface area contributed by atoms with Crippen LogP contribution in [-0.2, 0) is 0 Å². The summed E-state index contributed by atoms with van der Waals surface area (Å²) in [7, 11) is 0. The number of hydrogen-bond donors (Lipinski definition) is 0. The molecule has 5 aromatic rings. The summed E-state index contributed by atoms with van der Waals surface area (Å²) >= 11 is 0. The Balaban J connectivity index is 2.71. The van der Waals surface area contributed by atoms with Crippen LogP contribution in [0.25, 0.3) is 0 Å². The van der Waals surface area contributed by atoms with Crippen molar-refractivity contribution in [3.8, 4) is 0 Å². The topological polar surface area (TPSA) is 0 Å². The summed E-state index contributed by atoms with van der Waals surface area (Å²) in [6.45, 7) is -9.59. The summed E-state index contributed by atoms with van der Waals surface area (Å²) in [5.74, 6) is -62.8. The first kappa shape index (κ1) is 42.3. The van der Waals surface area contributed by atoms with Crippen molar-refractivity contribution in [2.45, 2.75) is 34.6 Å². The SMILES string of the molecule is Cc1c(F)c(F)c(F)c(F)c1P(c1c(C)c(F)c(F)c(F)c1F)(c1c(C)c(F)c(F)c(F)c1F)(c1c(C)c(F)c(F)c(F)c1F)c1c(C)c(F)c(F)c(F)c1F. The van der Waals surface area contributed by atoms with E-state index in [9.17, 15) is 22.0 Å². The molecule has 0 amide bonds. The van der Waals surface area contributed by atoms with Crippen LogP contribution in [-0.4, -0.2) is 0 Å². The molecule has 5 aromatic carbocycles. The van der Waals surface area contributed by atoms with E-state index in [2.05, 4.69) is 0 Å². The fourth-order valence-corrected chi connectivity index (χ4v) is 16.0. The zero-order valence-electron chi connectivity index (χ0n) is 28.0. The summed E-state index contributed by atoms with van der Waals surface area (Å²) in [6, 6.07) is 0. The summed E-state index contributed by atoms with van der Waals surface area (Å²) in [5.41, 5.74) is -11.1. The van der Waals surface area contributed by atoms with Gasteiger partial charge < -0.3 is 0 Å². The van der Waals surface area contributed by atoms with Crippen LogP contribution >= 0.6 is 6.60 Å². The van der Waals surface area contributed by atoms with Crippen LogP contribution in [0.1, 0.15) is 27.8 Å². The molecule has 56 heavy (non-hydrogen) atoms. The molecular formula is C35H15F20P. The van der Waals surface area contributed by atoms with Crippen molar-refractivity contribution in [2.75, 3.05) is 0 Å². The van der Waals surface area contributed by atoms with Crippen molar-refractivity contribution < 1.29 is 87.8 Å². The molecule has 0 aliphatic carbocycles. The molecule has 300 valence electrons. The fourth-order valence-electron chi connectivity index (χ4n) is 7.43. The normalized spacial score (nSPS) is 12.8. The van der Waals surface area contributed by atoms with Gasteiger partial charge in [0.1, 0.15) is 0 Å². The molecule has 5 rings (SSSR count). The van der Waals surface area contributed by atoms with E-state index < -0.39 is 177 Å². The summed E-state index contributed by atoms with van der Waals surface area (Å²) in [6.07, 6.45) is 0. The molecule has 21 heteroatoms.